The number of primary amides is 1. The van der Waals surface area contributed by atoms with E-state index in [-0.39, 0.29) is 30.4 Å². The lowest BCUT2D eigenvalue weighted by atomic mass is 10.1. The number of ether oxygens (including phenoxy) is 2. The standard InChI is InChI=1S/C17H19F6N3O2.C14H13F6N3O2.C2H5NO/c1-15(2,3)28-14(27)25-6-7-26(10-16(18,19)20)12-5-4-11(9-24)13(8-12)17(21,22)23;1-25-12(24)22-4-5-23(8-13(15,16)17)10-3-2-9(7-21)11(6-10)14(18,19)20;1-2(3)4/h4-5,8H,6-7,10H2,1-3H3,(H,25,27);2-3,6H,4-5,8H2,1H3,(H,22,24);1H3,(H2,3,4). The molecule has 24 heteroatoms. The van der Waals surface area contributed by atoms with Crippen molar-refractivity contribution >= 4 is 29.5 Å². The molecule has 0 saturated heterocycles. The predicted molar refractivity (Wildman–Crippen MR) is 178 cm³/mol. The monoisotopic (exact) mass is 839 g/mol. The van der Waals surface area contributed by atoms with Crippen LogP contribution in [0.25, 0.3) is 0 Å². The average Bonchev–Trinajstić information content (AvgIpc) is 3.04. The number of nitrogens with one attached hydrogen (secondary N) is 2. The maximum absolute atomic E-state index is 13.1. The fourth-order valence-corrected chi connectivity index (χ4v) is 4.13. The van der Waals surface area contributed by atoms with Crippen molar-refractivity contribution < 1.29 is 76.5 Å². The number of rotatable bonds is 10. The SMILES string of the molecule is CC(C)(C)OC(=O)NCCN(CC(F)(F)F)c1ccc(C#N)c(C(F)(F)F)c1.CC(N)=O.COC(=O)NCCN(CC(F)(F)F)c1ccc(C#N)c(C(F)(F)F)c1. The molecule has 2 rings (SSSR count). The molecule has 57 heavy (non-hydrogen) atoms. The Morgan fingerprint density at radius 1 is 0.684 bits per heavy atom. The number of amides is 3. The number of carbonyl (C=O) groups is 3. The molecular formula is C33H37F12N7O5. The first kappa shape index (κ1) is 51.2. The number of nitrogens with two attached hydrogens (primary N) is 1. The van der Waals surface area contributed by atoms with Gasteiger partial charge in [-0.25, -0.2) is 9.59 Å². The van der Waals surface area contributed by atoms with Crippen LogP contribution >= 0.6 is 0 Å². The number of carbonyl (C=O) groups excluding carboxylic acids is 3. The minimum Gasteiger partial charge on any atom is -0.453 e. The summed E-state index contributed by atoms with van der Waals surface area (Å²) in [5, 5.41) is 21.9. The Hall–Kier alpha value is -5.81. The van der Waals surface area contributed by atoms with E-state index in [1.807, 2.05) is 0 Å². The second-order valence-electron chi connectivity index (χ2n) is 12.2. The molecule has 0 spiro atoms. The van der Waals surface area contributed by atoms with E-state index in [9.17, 15) is 67.1 Å². The maximum atomic E-state index is 13.1. The zero-order valence-corrected chi connectivity index (χ0v) is 30.6. The van der Waals surface area contributed by atoms with Gasteiger partial charge in [0.05, 0.1) is 41.5 Å². The van der Waals surface area contributed by atoms with Crippen LogP contribution in [-0.4, -0.2) is 82.4 Å². The van der Waals surface area contributed by atoms with E-state index in [0.717, 1.165) is 31.4 Å². The molecule has 0 heterocycles. The van der Waals surface area contributed by atoms with Gasteiger partial charge in [0.15, 0.2) is 0 Å². The van der Waals surface area contributed by atoms with E-state index in [2.05, 4.69) is 21.1 Å². The van der Waals surface area contributed by atoms with Crippen molar-refractivity contribution in [3.05, 3.63) is 58.7 Å². The molecule has 0 aliphatic carbocycles. The van der Waals surface area contributed by atoms with Crippen LogP contribution in [0, 0.1) is 22.7 Å². The fourth-order valence-electron chi connectivity index (χ4n) is 4.13. The number of hydrogen-bond acceptors (Lipinski definition) is 9. The lowest BCUT2D eigenvalue weighted by molar-refractivity contribution is -0.138. The molecule has 0 saturated carbocycles. The van der Waals surface area contributed by atoms with Crippen LogP contribution < -0.4 is 26.2 Å². The third-order valence-corrected chi connectivity index (χ3v) is 6.21. The number of alkyl halides is 12. The zero-order valence-electron chi connectivity index (χ0n) is 30.6. The van der Waals surface area contributed by atoms with Crippen LogP contribution in [0.15, 0.2) is 36.4 Å². The molecule has 0 atom stereocenters. The molecule has 0 aliphatic rings. The first-order valence-corrected chi connectivity index (χ1v) is 15.7. The van der Waals surface area contributed by atoms with Gasteiger partial charge in [-0.15, -0.1) is 0 Å². The number of alkyl carbamates (subject to hydrolysis) is 2. The van der Waals surface area contributed by atoms with Crippen molar-refractivity contribution in [1.82, 2.24) is 10.6 Å². The number of benzene rings is 2. The van der Waals surface area contributed by atoms with Crippen LogP contribution in [-0.2, 0) is 26.6 Å². The molecule has 0 fully saturated rings. The summed E-state index contributed by atoms with van der Waals surface area (Å²) in [6.45, 7) is 1.59. The van der Waals surface area contributed by atoms with Gasteiger partial charge in [-0.05, 0) is 57.2 Å². The van der Waals surface area contributed by atoms with Gasteiger partial charge in [-0.3, -0.25) is 4.79 Å². The molecule has 0 aromatic heterocycles. The van der Waals surface area contributed by atoms with Gasteiger partial charge in [0.1, 0.15) is 18.7 Å². The van der Waals surface area contributed by atoms with Gasteiger partial charge in [-0.2, -0.15) is 63.2 Å². The first-order chi connectivity index (χ1) is 25.8. The third-order valence-electron chi connectivity index (χ3n) is 6.21. The smallest absolute Gasteiger partial charge is 0.417 e. The van der Waals surface area contributed by atoms with Gasteiger partial charge in [-0.1, -0.05) is 0 Å². The van der Waals surface area contributed by atoms with Gasteiger partial charge in [0, 0.05) is 44.5 Å². The van der Waals surface area contributed by atoms with Crippen LogP contribution in [0.4, 0.5) is 73.6 Å². The summed E-state index contributed by atoms with van der Waals surface area (Å²) in [5.41, 5.74) is -1.17. The molecule has 318 valence electrons. The van der Waals surface area contributed by atoms with Gasteiger partial charge < -0.3 is 35.6 Å². The number of methoxy groups -OCH3 is 1. The number of halogens is 12. The van der Waals surface area contributed by atoms with E-state index in [1.165, 1.54) is 19.1 Å². The highest BCUT2D eigenvalue weighted by molar-refractivity contribution is 5.70. The zero-order chi connectivity index (χ0) is 44.6. The van der Waals surface area contributed by atoms with Crippen molar-refractivity contribution in [2.45, 2.75) is 58.0 Å². The first-order valence-electron chi connectivity index (χ1n) is 15.7. The van der Waals surface area contributed by atoms with E-state index in [0.29, 0.717) is 21.9 Å². The van der Waals surface area contributed by atoms with E-state index in [1.54, 1.807) is 20.8 Å². The van der Waals surface area contributed by atoms with Gasteiger partial charge in [0.2, 0.25) is 5.91 Å². The topological polar surface area (TPSA) is 174 Å². The highest BCUT2D eigenvalue weighted by Crippen LogP contribution is 2.36. The highest BCUT2D eigenvalue weighted by Gasteiger charge is 2.37. The Morgan fingerprint density at radius 3 is 1.28 bits per heavy atom. The Bertz CT molecular complexity index is 1720. The molecule has 3 amide bonds. The van der Waals surface area contributed by atoms with Crippen molar-refractivity contribution in [3.8, 4) is 12.1 Å². The Morgan fingerprint density at radius 2 is 1.02 bits per heavy atom. The predicted octanol–water partition coefficient (Wildman–Crippen LogP) is 7.26. The number of anilines is 2. The van der Waals surface area contributed by atoms with Crippen molar-refractivity contribution in [1.29, 1.82) is 10.5 Å². The normalized spacial score (nSPS) is 11.6. The van der Waals surface area contributed by atoms with Crippen LogP contribution in [0.1, 0.15) is 49.9 Å². The minimum absolute atomic E-state index is 0.288. The molecule has 4 N–H and O–H groups in total. The number of nitrogens with zero attached hydrogens (tertiary/aromatic N) is 4. The average molecular weight is 840 g/mol. The molecule has 12 nitrogen and oxygen atoms in total. The number of hydrogen-bond donors (Lipinski definition) is 3. The minimum atomic E-state index is -4.90. The summed E-state index contributed by atoms with van der Waals surface area (Å²) in [6.07, 6.45) is -20.9. The highest BCUT2D eigenvalue weighted by atomic mass is 19.4. The summed E-state index contributed by atoms with van der Waals surface area (Å²) in [5.74, 6) is -0.333. The van der Waals surface area contributed by atoms with Gasteiger partial charge >= 0.3 is 36.9 Å². The Kier molecular flexibility index (Phi) is 19.3. The maximum Gasteiger partial charge on any atom is 0.417 e. The summed E-state index contributed by atoms with van der Waals surface area (Å²) < 4.78 is 164. The second-order valence-corrected chi connectivity index (χ2v) is 12.2. The molecule has 0 radical (unpaired) electrons. The van der Waals surface area contributed by atoms with Crippen molar-refractivity contribution in [3.63, 3.8) is 0 Å². The van der Waals surface area contributed by atoms with E-state index in [4.69, 9.17) is 15.3 Å². The van der Waals surface area contributed by atoms with Gasteiger partial charge in [0.25, 0.3) is 0 Å². The Balaban J connectivity index is 0.00000101. The van der Waals surface area contributed by atoms with E-state index < -0.39 is 90.9 Å². The van der Waals surface area contributed by atoms with Crippen LogP contribution in [0.3, 0.4) is 0 Å². The third kappa shape index (κ3) is 21.8. The molecule has 0 bridgehead atoms. The van der Waals surface area contributed by atoms with Crippen LogP contribution in [0.5, 0.6) is 0 Å². The molecule has 0 aliphatic heterocycles. The molecule has 2 aromatic carbocycles. The summed E-state index contributed by atoms with van der Waals surface area (Å²) in [7, 11) is 1.05. The quantitative estimate of drug-likeness (QED) is 0.208. The summed E-state index contributed by atoms with van der Waals surface area (Å²) in [4.78, 5) is 33.0. The van der Waals surface area contributed by atoms with Crippen molar-refractivity contribution in [2.75, 3.05) is 56.2 Å². The Labute approximate surface area is 318 Å². The fraction of sp³-hybridized carbons (Fsp3) is 0.485. The molecule has 0 unspecified atom stereocenters. The molecular weight excluding hydrogens is 802 g/mol. The largest absolute Gasteiger partial charge is 0.453 e. The van der Waals surface area contributed by atoms with E-state index >= 15 is 0 Å². The lowest BCUT2D eigenvalue weighted by Gasteiger charge is -2.27. The van der Waals surface area contributed by atoms with Crippen molar-refractivity contribution in [2.24, 2.45) is 5.73 Å². The summed E-state index contributed by atoms with van der Waals surface area (Å²) >= 11 is 0. The van der Waals surface area contributed by atoms with Crippen LogP contribution in [0.2, 0.25) is 0 Å². The number of nitriles is 2. The second kappa shape index (κ2) is 21.5. The molecule has 2 aromatic rings. The lowest BCUT2D eigenvalue weighted by Crippen LogP contribution is -2.41. The summed E-state index contributed by atoms with van der Waals surface area (Å²) in [6, 6.07) is 7.25.